The van der Waals surface area contributed by atoms with E-state index in [4.69, 9.17) is 16.3 Å². The highest BCUT2D eigenvalue weighted by Crippen LogP contribution is 2.24. The Bertz CT molecular complexity index is 300. The molecule has 0 aromatic heterocycles. The molecule has 0 saturated heterocycles. The Labute approximate surface area is 97.2 Å². The van der Waals surface area contributed by atoms with E-state index in [1.54, 1.807) is 0 Å². The summed E-state index contributed by atoms with van der Waals surface area (Å²) in [5, 5.41) is -1.02. The van der Waals surface area contributed by atoms with Crippen LogP contribution >= 0.6 is 11.6 Å². The van der Waals surface area contributed by atoms with E-state index in [1.165, 1.54) is 0 Å². The zero-order chi connectivity index (χ0) is 12.0. The van der Waals surface area contributed by atoms with Gasteiger partial charge in [-0.15, -0.1) is 11.6 Å². The van der Waals surface area contributed by atoms with Crippen molar-refractivity contribution in [2.24, 2.45) is 0 Å². The van der Waals surface area contributed by atoms with Crippen molar-refractivity contribution in [2.45, 2.75) is 24.6 Å². The van der Waals surface area contributed by atoms with E-state index in [2.05, 4.69) is 0 Å². The Morgan fingerprint density at radius 1 is 1.19 bits per heavy atom. The van der Waals surface area contributed by atoms with Crippen molar-refractivity contribution >= 4 is 11.6 Å². The van der Waals surface area contributed by atoms with Crippen molar-refractivity contribution in [3.05, 3.63) is 35.9 Å². The number of hydrogen-bond donors (Lipinski definition) is 0. The van der Waals surface area contributed by atoms with E-state index >= 15 is 0 Å². The van der Waals surface area contributed by atoms with E-state index in [0.29, 0.717) is 0 Å². The lowest BCUT2D eigenvalue weighted by molar-refractivity contribution is -0.137. The van der Waals surface area contributed by atoms with Gasteiger partial charge in [-0.3, -0.25) is 0 Å². The molecular weight excluding hydrogens is 241 g/mol. The summed E-state index contributed by atoms with van der Waals surface area (Å²) in [6.45, 7) is 0.178. The van der Waals surface area contributed by atoms with Crippen LogP contribution in [0.3, 0.4) is 0 Å². The van der Waals surface area contributed by atoms with Gasteiger partial charge in [0.05, 0.1) is 25.0 Å². The second kappa shape index (κ2) is 6.11. The lowest BCUT2D eigenvalue weighted by atomic mass is 10.2. The molecule has 0 aliphatic rings. The molecule has 90 valence electrons. The third-order valence-corrected chi connectivity index (χ3v) is 2.14. The maximum atomic E-state index is 11.9. The predicted octanol–water partition coefficient (Wildman–Crippen LogP) is 3.76. The third kappa shape index (κ3) is 5.98. The summed E-state index contributed by atoms with van der Waals surface area (Å²) < 4.78 is 40.8. The van der Waals surface area contributed by atoms with Crippen LogP contribution in [0.2, 0.25) is 0 Å². The molecule has 1 aromatic rings. The van der Waals surface area contributed by atoms with E-state index in [9.17, 15) is 13.2 Å². The van der Waals surface area contributed by atoms with Crippen molar-refractivity contribution in [2.75, 3.05) is 6.61 Å². The van der Waals surface area contributed by atoms with Crippen LogP contribution in [-0.2, 0) is 11.3 Å². The van der Waals surface area contributed by atoms with Crippen molar-refractivity contribution < 1.29 is 17.9 Å². The van der Waals surface area contributed by atoms with Crippen molar-refractivity contribution in [3.8, 4) is 0 Å². The summed E-state index contributed by atoms with van der Waals surface area (Å²) in [6, 6.07) is 9.22. The quantitative estimate of drug-likeness (QED) is 0.725. The molecule has 0 aliphatic carbocycles. The largest absolute Gasteiger partial charge is 0.390 e. The first kappa shape index (κ1) is 13.3. The first-order chi connectivity index (χ1) is 7.47. The minimum atomic E-state index is -4.23. The Kier molecular flexibility index (Phi) is 5.09. The molecule has 0 saturated carbocycles. The molecule has 0 amide bonds. The molecule has 16 heavy (non-hydrogen) atoms. The Balaban J connectivity index is 2.21. The SMILES string of the molecule is FC(F)(F)CC(Cl)COCc1ccccc1. The molecule has 0 fully saturated rings. The molecule has 1 nitrogen and oxygen atoms in total. The molecule has 0 N–H and O–H groups in total. The zero-order valence-electron chi connectivity index (χ0n) is 8.51. The maximum Gasteiger partial charge on any atom is 0.390 e. The molecule has 1 rings (SSSR count). The average molecular weight is 253 g/mol. The van der Waals surface area contributed by atoms with Crippen LogP contribution < -0.4 is 0 Å². The molecule has 1 atom stereocenters. The molecule has 0 radical (unpaired) electrons. The van der Waals surface area contributed by atoms with Crippen molar-refractivity contribution in [1.82, 2.24) is 0 Å². The van der Waals surface area contributed by atoms with Crippen LogP contribution in [0.5, 0.6) is 0 Å². The van der Waals surface area contributed by atoms with Crippen LogP contribution in [0, 0.1) is 0 Å². The van der Waals surface area contributed by atoms with Crippen molar-refractivity contribution in [3.63, 3.8) is 0 Å². The second-order valence-electron chi connectivity index (χ2n) is 3.42. The summed E-state index contributed by atoms with van der Waals surface area (Å²) >= 11 is 5.49. The third-order valence-electron chi connectivity index (χ3n) is 1.86. The predicted molar refractivity (Wildman–Crippen MR) is 56.4 cm³/mol. The van der Waals surface area contributed by atoms with E-state index in [0.717, 1.165) is 5.56 Å². The summed E-state index contributed by atoms with van der Waals surface area (Å²) in [6.07, 6.45) is -5.26. The van der Waals surface area contributed by atoms with Crippen LogP contribution in [-0.4, -0.2) is 18.2 Å². The molecule has 0 bridgehead atoms. The summed E-state index contributed by atoms with van der Waals surface area (Å²) in [7, 11) is 0. The number of benzene rings is 1. The standard InChI is InChI=1S/C11H12ClF3O/c12-10(6-11(13,14)15)8-16-7-9-4-2-1-3-5-9/h1-5,10H,6-8H2. The van der Waals surface area contributed by atoms with Gasteiger partial charge >= 0.3 is 6.18 Å². The van der Waals surface area contributed by atoms with Gasteiger partial charge in [0.1, 0.15) is 0 Å². The van der Waals surface area contributed by atoms with Gasteiger partial charge in [0.15, 0.2) is 0 Å². The second-order valence-corrected chi connectivity index (χ2v) is 4.03. The molecule has 0 aliphatic heterocycles. The Hall–Kier alpha value is -0.740. The van der Waals surface area contributed by atoms with Gasteiger partial charge < -0.3 is 4.74 Å². The highest BCUT2D eigenvalue weighted by molar-refractivity contribution is 6.20. The number of ether oxygens (including phenoxy) is 1. The number of hydrogen-bond acceptors (Lipinski definition) is 1. The molecular formula is C11H12ClF3O. The minimum absolute atomic E-state index is 0.101. The normalized spacial score (nSPS) is 13.8. The molecule has 1 unspecified atom stereocenters. The lowest BCUT2D eigenvalue weighted by Crippen LogP contribution is -2.19. The van der Waals surface area contributed by atoms with Crippen LogP contribution in [0.1, 0.15) is 12.0 Å². The highest BCUT2D eigenvalue weighted by atomic mass is 35.5. The van der Waals surface area contributed by atoms with Gasteiger partial charge in [-0.2, -0.15) is 13.2 Å². The zero-order valence-corrected chi connectivity index (χ0v) is 9.26. The van der Waals surface area contributed by atoms with E-state index < -0.39 is 18.0 Å². The first-order valence-electron chi connectivity index (χ1n) is 4.80. The summed E-state index contributed by atoms with van der Waals surface area (Å²) in [5.74, 6) is 0. The van der Waals surface area contributed by atoms with Crippen LogP contribution in [0.4, 0.5) is 13.2 Å². The summed E-state index contributed by atoms with van der Waals surface area (Å²) in [5.41, 5.74) is 0.915. The number of halogens is 4. The lowest BCUT2D eigenvalue weighted by Gasteiger charge is -2.12. The van der Waals surface area contributed by atoms with Crippen LogP contribution in [0.25, 0.3) is 0 Å². The first-order valence-corrected chi connectivity index (χ1v) is 5.23. The fraction of sp³-hybridized carbons (Fsp3) is 0.455. The van der Waals surface area contributed by atoms with E-state index in [-0.39, 0.29) is 13.2 Å². The van der Waals surface area contributed by atoms with E-state index in [1.807, 2.05) is 30.3 Å². The highest BCUT2D eigenvalue weighted by Gasteiger charge is 2.30. The molecule has 1 aromatic carbocycles. The Morgan fingerprint density at radius 2 is 1.81 bits per heavy atom. The monoisotopic (exact) mass is 252 g/mol. The fourth-order valence-corrected chi connectivity index (χ4v) is 1.45. The van der Waals surface area contributed by atoms with Crippen LogP contribution in [0.15, 0.2) is 30.3 Å². The van der Waals surface area contributed by atoms with Gasteiger partial charge in [0.2, 0.25) is 0 Å². The van der Waals surface area contributed by atoms with Gasteiger partial charge in [-0.1, -0.05) is 30.3 Å². The minimum Gasteiger partial charge on any atom is -0.375 e. The smallest absolute Gasteiger partial charge is 0.375 e. The molecule has 5 heteroatoms. The van der Waals surface area contributed by atoms with Gasteiger partial charge in [0, 0.05) is 0 Å². The number of alkyl halides is 4. The molecule has 0 spiro atoms. The topological polar surface area (TPSA) is 9.23 Å². The van der Waals surface area contributed by atoms with Gasteiger partial charge in [0.25, 0.3) is 0 Å². The van der Waals surface area contributed by atoms with Gasteiger partial charge in [-0.25, -0.2) is 0 Å². The fourth-order valence-electron chi connectivity index (χ4n) is 1.19. The maximum absolute atomic E-state index is 11.9. The summed E-state index contributed by atoms with van der Waals surface area (Å²) in [4.78, 5) is 0. The molecule has 0 heterocycles. The average Bonchev–Trinajstić information content (AvgIpc) is 2.16. The van der Waals surface area contributed by atoms with Crippen molar-refractivity contribution in [1.29, 1.82) is 0 Å². The number of rotatable bonds is 5. The Morgan fingerprint density at radius 3 is 2.38 bits per heavy atom. The van der Waals surface area contributed by atoms with Gasteiger partial charge in [-0.05, 0) is 5.56 Å².